The van der Waals surface area contributed by atoms with Crippen molar-refractivity contribution in [2.24, 2.45) is 5.92 Å². The van der Waals surface area contributed by atoms with Gasteiger partial charge in [-0.1, -0.05) is 0 Å². The fourth-order valence-electron chi connectivity index (χ4n) is 2.91. The van der Waals surface area contributed by atoms with Gasteiger partial charge < -0.3 is 5.32 Å². The van der Waals surface area contributed by atoms with Crippen LogP contribution in [0.15, 0.2) is 18.5 Å². The maximum atomic E-state index is 12.1. The summed E-state index contributed by atoms with van der Waals surface area (Å²) in [6, 6.07) is 2.33. The van der Waals surface area contributed by atoms with Crippen molar-refractivity contribution in [3.8, 4) is 0 Å². The van der Waals surface area contributed by atoms with E-state index in [1.165, 1.54) is 25.7 Å². The first-order valence-corrected chi connectivity index (χ1v) is 7.83. The molecule has 1 unspecified atom stereocenters. The molecule has 2 fully saturated rings. The van der Waals surface area contributed by atoms with Crippen LogP contribution in [0, 0.1) is 5.92 Å². The quantitative estimate of drug-likeness (QED) is 0.813. The number of amides is 1. The van der Waals surface area contributed by atoms with E-state index in [9.17, 15) is 4.79 Å². The molecular formula is C15H23N5O. The smallest absolute Gasteiger partial charge is 0.240 e. The van der Waals surface area contributed by atoms with Crippen LogP contribution in [0.2, 0.25) is 0 Å². The number of hydrogen-bond donors (Lipinski definition) is 2. The van der Waals surface area contributed by atoms with E-state index in [1.807, 2.05) is 0 Å². The molecule has 0 bridgehead atoms. The third-order valence-electron chi connectivity index (χ3n) is 4.12. The predicted molar refractivity (Wildman–Crippen MR) is 80.9 cm³/mol. The van der Waals surface area contributed by atoms with E-state index < -0.39 is 0 Å². The van der Waals surface area contributed by atoms with Gasteiger partial charge in [-0.15, -0.1) is 0 Å². The summed E-state index contributed by atoms with van der Waals surface area (Å²) in [6.07, 6.45) is 8.21. The lowest BCUT2D eigenvalue weighted by Gasteiger charge is -2.29. The topological polar surface area (TPSA) is 70.2 Å². The highest BCUT2D eigenvalue weighted by atomic mass is 16.2. The van der Waals surface area contributed by atoms with Crippen molar-refractivity contribution in [2.45, 2.75) is 31.7 Å². The molecule has 21 heavy (non-hydrogen) atoms. The zero-order valence-corrected chi connectivity index (χ0v) is 12.3. The largest absolute Gasteiger partial charge is 0.316 e. The molecule has 1 atom stereocenters. The van der Waals surface area contributed by atoms with Crippen molar-refractivity contribution in [1.29, 1.82) is 0 Å². The first-order valence-electron chi connectivity index (χ1n) is 7.83. The van der Waals surface area contributed by atoms with Gasteiger partial charge in [-0.3, -0.25) is 15.0 Å². The zero-order valence-electron chi connectivity index (χ0n) is 12.3. The zero-order chi connectivity index (χ0) is 14.5. The number of hydrogen-bond acceptors (Lipinski definition) is 5. The molecule has 0 aromatic carbocycles. The molecule has 1 aliphatic heterocycles. The molecule has 114 valence electrons. The fraction of sp³-hybridized carbons (Fsp3) is 0.667. The van der Waals surface area contributed by atoms with Gasteiger partial charge in [0.2, 0.25) is 11.9 Å². The van der Waals surface area contributed by atoms with E-state index in [2.05, 4.69) is 25.5 Å². The highest BCUT2D eigenvalue weighted by molar-refractivity contribution is 5.90. The average molecular weight is 289 g/mol. The molecule has 0 radical (unpaired) electrons. The SMILES string of the molecule is O=C(CN(CC1CCCNC1)C1CC1)Nc1ncccn1. The van der Waals surface area contributed by atoms with Crippen molar-refractivity contribution in [3.63, 3.8) is 0 Å². The molecule has 1 aromatic heterocycles. The Labute approximate surface area is 125 Å². The Morgan fingerprint density at radius 2 is 2.14 bits per heavy atom. The van der Waals surface area contributed by atoms with Gasteiger partial charge >= 0.3 is 0 Å². The van der Waals surface area contributed by atoms with Crippen LogP contribution in [-0.4, -0.2) is 53.0 Å². The monoisotopic (exact) mass is 289 g/mol. The van der Waals surface area contributed by atoms with Crippen molar-refractivity contribution in [3.05, 3.63) is 18.5 Å². The Kier molecular flexibility index (Phi) is 4.77. The number of carbonyl (C=O) groups excluding carboxylic acids is 1. The second-order valence-electron chi connectivity index (χ2n) is 5.99. The van der Waals surface area contributed by atoms with E-state index in [0.29, 0.717) is 24.5 Å². The minimum atomic E-state index is -0.0168. The van der Waals surface area contributed by atoms with Crippen LogP contribution in [0.5, 0.6) is 0 Å². The summed E-state index contributed by atoms with van der Waals surface area (Å²) in [5, 5.41) is 6.22. The molecule has 1 aromatic rings. The summed E-state index contributed by atoms with van der Waals surface area (Å²) in [5.41, 5.74) is 0. The van der Waals surface area contributed by atoms with Gasteiger partial charge in [0.05, 0.1) is 6.54 Å². The summed E-state index contributed by atoms with van der Waals surface area (Å²) >= 11 is 0. The lowest BCUT2D eigenvalue weighted by atomic mass is 9.99. The maximum absolute atomic E-state index is 12.1. The van der Waals surface area contributed by atoms with Crippen molar-refractivity contribution >= 4 is 11.9 Å². The molecule has 2 N–H and O–H groups in total. The van der Waals surface area contributed by atoms with Crippen LogP contribution < -0.4 is 10.6 Å². The van der Waals surface area contributed by atoms with Crippen LogP contribution in [0.3, 0.4) is 0 Å². The van der Waals surface area contributed by atoms with Gasteiger partial charge in [0.1, 0.15) is 0 Å². The first-order chi connectivity index (χ1) is 10.3. The predicted octanol–water partition coefficient (Wildman–Crippen LogP) is 0.879. The van der Waals surface area contributed by atoms with Crippen molar-refractivity contribution < 1.29 is 4.79 Å². The maximum Gasteiger partial charge on any atom is 0.240 e. The molecule has 6 nitrogen and oxygen atoms in total. The van der Waals surface area contributed by atoms with Crippen LogP contribution in [0.4, 0.5) is 5.95 Å². The van der Waals surface area contributed by atoms with Gasteiger partial charge in [-0.25, -0.2) is 9.97 Å². The number of aromatic nitrogens is 2. The Morgan fingerprint density at radius 3 is 2.81 bits per heavy atom. The average Bonchev–Trinajstić information content (AvgIpc) is 3.33. The van der Waals surface area contributed by atoms with Gasteiger partial charge in [-0.2, -0.15) is 0 Å². The highest BCUT2D eigenvalue weighted by Crippen LogP contribution is 2.28. The molecule has 1 saturated carbocycles. The lowest BCUT2D eigenvalue weighted by Crippen LogP contribution is -2.42. The van der Waals surface area contributed by atoms with Crippen LogP contribution in [-0.2, 0) is 4.79 Å². The van der Waals surface area contributed by atoms with Gasteiger partial charge in [0.15, 0.2) is 0 Å². The number of nitrogens with one attached hydrogen (secondary N) is 2. The Balaban J connectivity index is 1.51. The molecule has 2 aliphatic rings. The van der Waals surface area contributed by atoms with Gasteiger partial charge in [-0.05, 0) is 50.8 Å². The summed E-state index contributed by atoms with van der Waals surface area (Å²) in [4.78, 5) is 22.5. The fourth-order valence-corrected chi connectivity index (χ4v) is 2.91. The molecule has 3 rings (SSSR count). The number of anilines is 1. The molecule has 1 amide bonds. The minimum absolute atomic E-state index is 0.0168. The summed E-state index contributed by atoms with van der Waals surface area (Å²) in [7, 11) is 0. The Bertz CT molecular complexity index is 456. The molecular weight excluding hydrogens is 266 g/mol. The summed E-state index contributed by atoms with van der Waals surface area (Å²) in [6.45, 7) is 3.67. The molecule has 1 aliphatic carbocycles. The minimum Gasteiger partial charge on any atom is -0.316 e. The number of rotatable bonds is 6. The van der Waals surface area contributed by atoms with Crippen LogP contribution >= 0.6 is 0 Å². The second kappa shape index (κ2) is 6.95. The molecule has 0 spiro atoms. The second-order valence-corrected chi connectivity index (χ2v) is 5.99. The summed E-state index contributed by atoms with van der Waals surface area (Å²) in [5.74, 6) is 1.04. The van der Waals surface area contributed by atoms with Gasteiger partial charge in [0, 0.05) is 25.0 Å². The van der Waals surface area contributed by atoms with E-state index in [1.54, 1.807) is 18.5 Å². The van der Waals surface area contributed by atoms with Crippen LogP contribution in [0.1, 0.15) is 25.7 Å². The van der Waals surface area contributed by atoms with E-state index in [4.69, 9.17) is 0 Å². The van der Waals surface area contributed by atoms with Gasteiger partial charge in [0.25, 0.3) is 0 Å². The standard InChI is InChI=1S/C15H23N5O/c21-14(19-15-17-7-2-8-18-15)11-20(13-4-5-13)10-12-3-1-6-16-9-12/h2,7-8,12-13,16H,1,3-6,9-11H2,(H,17,18,19,21). The first kappa shape index (κ1) is 14.4. The number of piperidine rings is 1. The van der Waals surface area contributed by atoms with E-state index in [-0.39, 0.29) is 5.91 Å². The molecule has 1 saturated heterocycles. The normalized spacial score (nSPS) is 22.2. The van der Waals surface area contributed by atoms with Crippen molar-refractivity contribution in [2.75, 3.05) is 31.5 Å². The number of carbonyl (C=O) groups is 1. The lowest BCUT2D eigenvalue weighted by molar-refractivity contribution is -0.117. The summed E-state index contributed by atoms with van der Waals surface area (Å²) < 4.78 is 0. The Hall–Kier alpha value is -1.53. The van der Waals surface area contributed by atoms with E-state index in [0.717, 1.165) is 19.6 Å². The molecule has 6 heteroatoms. The highest BCUT2D eigenvalue weighted by Gasteiger charge is 2.32. The third kappa shape index (κ3) is 4.47. The molecule has 2 heterocycles. The number of nitrogens with zero attached hydrogens (tertiary/aromatic N) is 3. The van der Waals surface area contributed by atoms with Crippen molar-refractivity contribution in [1.82, 2.24) is 20.2 Å². The third-order valence-corrected chi connectivity index (χ3v) is 4.12. The van der Waals surface area contributed by atoms with Crippen LogP contribution in [0.25, 0.3) is 0 Å². The van der Waals surface area contributed by atoms with E-state index >= 15 is 0 Å². The Morgan fingerprint density at radius 1 is 1.33 bits per heavy atom.